The fourth-order valence-corrected chi connectivity index (χ4v) is 6.78. The molecule has 0 aliphatic heterocycles. The first kappa shape index (κ1) is 24.0. The van der Waals surface area contributed by atoms with Crippen molar-refractivity contribution in [2.24, 2.45) is 23.7 Å². The predicted molar refractivity (Wildman–Crippen MR) is 131 cm³/mol. The lowest BCUT2D eigenvalue weighted by molar-refractivity contribution is -0.136. The molecule has 9 nitrogen and oxygen atoms in total. The van der Waals surface area contributed by atoms with Crippen molar-refractivity contribution in [3.63, 3.8) is 0 Å². The van der Waals surface area contributed by atoms with E-state index in [0.717, 1.165) is 49.9 Å². The molecule has 4 bridgehead atoms. The van der Waals surface area contributed by atoms with Gasteiger partial charge in [-0.2, -0.15) is 4.98 Å². The molecule has 4 N–H and O–H groups in total. The number of anilines is 2. The van der Waals surface area contributed by atoms with Gasteiger partial charge >= 0.3 is 5.97 Å². The van der Waals surface area contributed by atoms with Crippen LogP contribution in [0.25, 0.3) is 0 Å². The molecule has 2 unspecified atom stereocenters. The molecular weight excluding hydrogens is 468 g/mol. The topological polar surface area (TPSA) is 134 Å². The Morgan fingerprint density at radius 1 is 1.17 bits per heavy atom. The summed E-state index contributed by atoms with van der Waals surface area (Å²) in [5.74, 6) is 1.36. The first-order valence-electron chi connectivity index (χ1n) is 12.3. The molecule has 4 aliphatic rings. The monoisotopic (exact) mass is 500 g/mol. The van der Waals surface area contributed by atoms with E-state index in [1.54, 1.807) is 17.5 Å². The highest BCUT2D eigenvalue weighted by molar-refractivity contribution is 7.12. The van der Waals surface area contributed by atoms with Gasteiger partial charge in [0.25, 0.3) is 5.91 Å². The summed E-state index contributed by atoms with van der Waals surface area (Å²) in [6.07, 6.45) is 5.37. The highest BCUT2D eigenvalue weighted by atomic mass is 32.1. The minimum absolute atomic E-state index is 0.0165. The maximum Gasteiger partial charge on any atom is 0.365 e. The number of rotatable bonds is 9. The van der Waals surface area contributed by atoms with Crippen LogP contribution in [0.1, 0.15) is 72.5 Å². The molecule has 35 heavy (non-hydrogen) atoms. The van der Waals surface area contributed by atoms with Gasteiger partial charge in [-0.05, 0) is 74.3 Å². The lowest BCUT2D eigenvalue weighted by Crippen LogP contribution is -2.61. The summed E-state index contributed by atoms with van der Waals surface area (Å²) < 4.78 is 5.95. The molecule has 1 amide bonds. The van der Waals surface area contributed by atoms with E-state index in [1.165, 1.54) is 0 Å². The van der Waals surface area contributed by atoms with Crippen LogP contribution in [0.2, 0.25) is 0 Å². The molecule has 4 saturated carbocycles. The van der Waals surface area contributed by atoms with Gasteiger partial charge in [-0.3, -0.25) is 4.79 Å². The molecular formula is C25H32N4O5S. The van der Waals surface area contributed by atoms with Gasteiger partial charge in [-0.25, -0.2) is 9.78 Å². The van der Waals surface area contributed by atoms with Crippen molar-refractivity contribution in [3.8, 4) is 5.88 Å². The Hall–Kier alpha value is -2.72. The molecule has 0 aromatic carbocycles. The summed E-state index contributed by atoms with van der Waals surface area (Å²) in [6, 6.07) is 3.41. The third-order valence-electron chi connectivity index (χ3n) is 7.52. The molecule has 0 saturated heterocycles. The summed E-state index contributed by atoms with van der Waals surface area (Å²) in [5.41, 5.74) is -0.176. The lowest BCUT2D eigenvalue weighted by Gasteiger charge is -2.58. The maximum atomic E-state index is 13.4. The molecule has 10 heteroatoms. The molecule has 2 aromatic rings. The quantitative estimate of drug-likeness (QED) is 0.405. The van der Waals surface area contributed by atoms with Crippen LogP contribution in [0.3, 0.4) is 0 Å². The van der Waals surface area contributed by atoms with Crippen LogP contribution in [0, 0.1) is 23.7 Å². The first-order valence-corrected chi connectivity index (χ1v) is 13.2. The van der Waals surface area contributed by atoms with Gasteiger partial charge in [0.05, 0.1) is 12.2 Å². The van der Waals surface area contributed by atoms with Crippen molar-refractivity contribution in [2.75, 3.05) is 11.9 Å². The number of thiazole rings is 1. The molecule has 2 atom stereocenters. The fourth-order valence-electron chi connectivity index (χ4n) is 6.19. The first-order chi connectivity index (χ1) is 16.7. The number of aromatic carboxylic acids is 1. The molecule has 0 spiro atoms. The van der Waals surface area contributed by atoms with Crippen molar-refractivity contribution in [3.05, 3.63) is 28.1 Å². The number of amides is 1. The van der Waals surface area contributed by atoms with Gasteiger partial charge in [0, 0.05) is 11.4 Å². The number of pyridine rings is 1. The Kier molecular flexibility index (Phi) is 6.43. The Labute approximate surface area is 208 Å². The van der Waals surface area contributed by atoms with Crippen LogP contribution in [0.4, 0.5) is 11.6 Å². The Balaban J connectivity index is 1.33. The molecule has 4 aliphatic carbocycles. The normalized spacial score (nSPS) is 28.8. The minimum atomic E-state index is -1.09. The van der Waals surface area contributed by atoms with E-state index in [-0.39, 0.29) is 22.8 Å². The van der Waals surface area contributed by atoms with Crippen molar-refractivity contribution in [1.29, 1.82) is 0 Å². The molecule has 6 rings (SSSR count). The molecule has 2 heterocycles. The largest absolute Gasteiger partial charge is 0.477 e. The van der Waals surface area contributed by atoms with Crippen molar-refractivity contribution >= 4 is 34.8 Å². The van der Waals surface area contributed by atoms with Gasteiger partial charge in [0.1, 0.15) is 17.2 Å². The second-order valence-electron chi connectivity index (χ2n) is 10.7. The van der Waals surface area contributed by atoms with E-state index >= 15 is 0 Å². The Bertz CT molecular complexity index is 1100. The number of hydrogen-bond donors (Lipinski definition) is 4. The minimum Gasteiger partial charge on any atom is -0.477 e. The summed E-state index contributed by atoms with van der Waals surface area (Å²) in [7, 11) is 0. The number of carboxylic acid groups (broad SMARTS) is 1. The van der Waals surface area contributed by atoms with E-state index in [1.807, 2.05) is 0 Å². The third kappa shape index (κ3) is 5.13. The predicted octanol–water partition coefficient (Wildman–Crippen LogP) is 4.07. The van der Waals surface area contributed by atoms with E-state index in [0.29, 0.717) is 47.5 Å². The van der Waals surface area contributed by atoms with Gasteiger partial charge in [0.15, 0.2) is 0 Å². The van der Waals surface area contributed by atoms with Gasteiger partial charge in [-0.15, -0.1) is 11.3 Å². The van der Waals surface area contributed by atoms with Gasteiger partial charge in [-0.1, -0.05) is 13.8 Å². The molecule has 0 radical (unpaired) electrons. The van der Waals surface area contributed by atoms with Crippen LogP contribution in [0.5, 0.6) is 5.88 Å². The second kappa shape index (κ2) is 9.39. The average molecular weight is 501 g/mol. The maximum absolute atomic E-state index is 13.4. The summed E-state index contributed by atoms with van der Waals surface area (Å²) >= 11 is 1.02. The van der Waals surface area contributed by atoms with E-state index in [4.69, 9.17) is 9.84 Å². The number of nitrogens with one attached hydrogen (secondary N) is 2. The van der Waals surface area contributed by atoms with Crippen LogP contribution in [0.15, 0.2) is 17.5 Å². The van der Waals surface area contributed by atoms with Gasteiger partial charge < -0.3 is 25.6 Å². The fraction of sp³-hybridized carbons (Fsp3) is 0.600. The van der Waals surface area contributed by atoms with Crippen LogP contribution in [-0.2, 0) is 0 Å². The number of carbonyl (C=O) groups excluding carboxylic acids is 1. The van der Waals surface area contributed by atoms with E-state index in [9.17, 15) is 14.7 Å². The van der Waals surface area contributed by atoms with Gasteiger partial charge in [0.2, 0.25) is 10.9 Å². The molecule has 2 aromatic heterocycles. The highest BCUT2D eigenvalue weighted by Crippen LogP contribution is 2.55. The number of hydrogen-bond acceptors (Lipinski definition) is 8. The third-order valence-corrected chi connectivity index (χ3v) is 8.35. The second-order valence-corrected chi connectivity index (χ2v) is 11.6. The van der Waals surface area contributed by atoms with Crippen LogP contribution in [-0.4, -0.2) is 50.3 Å². The van der Waals surface area contributed by atoms with E-state index in [2.05, 4.69) is 34.4 Å². The standard InChI is InChI=1S/C25H32N4O5S/c1-13(2)5-6-34-22-17(3-4-18(27-22)26-19-12-35-23(28-19)24(31)32)21(30)29-20-15-7-14-8-16(20)11-25(33,9-14)10-15/h3-4,12-16,20,33H,5-11H2,1-2H3,(H,26,27)(H,29,30)(H,31,32). The zero-order valence-corrected chi connectivity index (χ0v) is 20.8. The Morgan fingerprint density at radius 3 is 2.54 bits per heavy atom. The number of aromatic nitrogens is 2. The highest BCUT2D eigenvalue weighted by Gasteiger charge is 2.55. The Morgan fingerprint density at radius 2 is 1.91 bits per heavy atom. The number of carboxylic acids is 1. The zero-order valence-electron chi connectivity index (χ0n) is 20.0. The van der Waals surface area contributed by atoms with Crippen molar-refractivity contribution in [1.82, 2.24) is 15.3 Å². The molecule has 188 valence electrons. The molecule has 4 fully saturated rings. The van der Waals surface area contributed by atoms with Crippen LogP contribution < -0.4 is 15.4 Å². The van der Waals surface area contributed by atoms with Crippen LogP contribution >= 0.6 is 11.3 Å². The van der Waals surface area contributed by atoms with Crippen molar-refractivity contribution in [2.45, 2.75) is 64.0 Å². The number of nitrogens with zero attached hydrogens (tertiary/aromatic N) is 2. The smallest absolute Gasteiger partial charge is 0.365 e. The zero-order chi connectivity index (χ0) is 24.7. The number of aliphatic hydroxyl groups is 1. The lowest BCUT2D eigenvalue weighted by atomic mass is 9.52. The summed E-state index contributed by atoms with van der Waals surface area (Å²) in [4.78, 5) is 33.1. The number of ether oxygens (including phenoxy) is 1. The number of carbonyl (C=O) groups is 2. The summed E-state index contributed by atoms with van der Waals surface area (Å²) in [5, 5.41) is 27.8. The van der Waals surface area contributed by atoms with Crippen molar-refractivity contribution < 1.29 is 24.5 Å². The average Bonchev–Trinajstić information content (AvgIpc) is 3.24. The SMILES string of the molecule is CC(C)CCOc1nc(Nc2csc(C(=O)O)n2)ccc1C(=O)NC1C2CC3CC1CC(O)(C3)C2. The van der Waals surface area contributed by atoms with E-state index < -0.39 is 11.6 Å². The summed E-state index contributed by atoms with van der Waals surface area (Å²) in [6.45, 7) is 4.63.